The Morgan fingerprint density at radius 3 is 2.69 bits per heavy atom. The number of hydrogen-bond donors (Lipinski definition) is 1. The van der Waals surface area contributed by atoms with Gasteiger partial charge in [0.1, 0.15) is 0 Å². The van der Waals surface area contributed by atoms with Gasteiger partial charge < -0.3 is 9.67 Å². The topological polar surface area (TPSA) is 25.2 Å². The highest BCUT2D eigenvalue weighted by Gasteiger charge is 2.07. The molecule has 0 saturated carbocycles. The SMILES string of the molecule is CCCC(O)c1ccn(CCCC(C)C)c1. The molecule has 0 spiro atoms. The summed E-state index contributed by atoms with van der Waals surface area (Å²) in [5.74, 6) is 0.778. The van der Waals surface area contributed by atoms with Crippen molar-refractivity contribution in [1.29, 1.82) is 0 Å². The molecule has 16 heavy (non-hydrogen) atoms. The minimum atomic E-state index is -0.281. The number of nitrogens with zero attached hydrogens (tertiary/aromatic N) is 1. The minimum Gasteiger partial charge on any atom is -0.388 e. The standard InChI is InChI=1S/C14H25NO/c1-4-6-14(16)13-8-10-15(11-13)9-5-7-12(2)3/h8,10-12,14,16H,4-7,9H2,1-3H3. The maximum atomic E-state index is 9.83. The van der Waals surface area contributed by atoms with Gasteiger partial charge in [0.25, 0.3) is 0 Å². The fourth-order valence-corrected chi connectivity index (χ4v) is 1.92. The summed E-state index contributed by atoms with van der Waals surface area (Å²) in [6.07, 6.45) is 8.25. The predicted molar refractivity (Wildman–Crippen MR) is 68.4 cm³/mol. The van der Waals surface area contributed by atoms with E-state index >= 15 is 0 Å². The monoisotopic (exact) mass is 223 g/mol. The van der Waals surface area contributed by atoms with E-state index in [-0.39, 0.29) is 6.10 Å². The minimum absolute atomic E-state index is 0.281. The molecule has 0 saturated heterocycles. The highest BCUT2D eigenvalue weighted by Crippen LogP contribution is 2.18. The average Bonchev–Trinajstić information content (AvgIpc) is 2.66. The number of aromatic nitrogens is 1. The Hall–Kier alpha value is -0.760. The van der Waals surface area contributed by atoms with Crippen LogP contribution >= 0.6 is 0 Å². The highest BCUT2D eigenvalue weighted by atomic mass is 16.3. The predicted octanol–water partition coefficient (Wildman–Crippen LogP) is 3.76. The first-order valence-electron chi connectivity index (χ1n) is 6.47. The van der Waals surface area contributed by atoms with Crippen LogP contribution in [0.2, 0.25) is 0 Å². The van der Waals surface area contributed by atoms with E-state index < -0.39 is 0 Å². The molecule has 0 bridgehead atoms. The second kappa shape index (κ2) is 6.74. The lowest BCUT2D eigenvalue weighted by atomic mass is 10.1. The van der Waals surface area contributed by atoms with Crippen LogP contribution in [0.25, 0.3) is 0 Å². The Labute approximate surface area is 99.3 Å². The normalized spacial score (nSPS) is 13.3. The average molecular weight is 223 g/mol. The van der Waals surface area contributed by atoms with Gasteiger partial charge in [0, 0.05) is 18.9 Å². The van der Waals surface area contributed by atoms with Crippen molar-refractivity contribution in [2.75, 3.05) is 0 Å². The summed E-state index contributed by atoms with van der Waals surface area (Å²) in [6.45, 7) is 7.68. The molecular formula is C14H25NO. The summed E-state index contributed by atoms with van der Waals surface area (Å²) in [7, 11) is 0. The molecule has 0 radical (unpaired) electrons. The molecule has 1 aromatic heterocycles. The van der Waals surface area contributed by atoms with Crippen LogP contribution in [0.1, 0.15) is 58.1 Å². The Balaban J connectivity index is 2.39. The van der Waals surface area contributed by atoms with E-state index in [4.69, 9.17) is 0 Å². The quantitative estimate of drug-likeness (QED) is 0.748. The van der Waals surface area contributed by atoms with E-state index in [2.05, 4.69) is 37.7 Å². The maximum absolute atomic E-state index is 9.83. The van der Waals surface area contributed by atoms with Crippen LogP contribution < -0.4 is 0 Å². The maximum Gasteiger partial charge on any atom is 0.0804 e. The first kappa shape index (κ1) is 13.3. The summed E-state index contributed by atoms with van der Waals surface area (Å²) in [4.78, 5) is 0. The lowest BCUT2D eigenvalue weighted by Gasteiger charge is -2.07. The molecule has 92 valence electrons. The molecule has 1 atom stereocenters. The lowest BCUT2D eigenvalue weighted by molar-refractivity contribution is 0.166. The van der Waals surface area contributed by atoms with Gasteiger partial charge in [-0.05, 0) is 36.8 Å². The van der Waals surface area contributed by atoms with E-state index in [9.17, 15) is 5.11 Å². The van der Waals surface area contributed by atoms with E-state index in [0.717, 1.165) is 30.9 Å². The van der Waals surface area contributed by atoms with Gasteiger partial charge in [-0.1, -0.05) is 27.2 Å². The van der Waals surface area contributed by atoms with Crippen molar-refractivity contribution in [2.45, 2.75) is 59.1 Å². The van der Waals surface area contributed by atoms with Crippen molar-refractivity contribution in [3.05, 3.63) is 24.0 Å². The first-order valence-corrected chi connectivity index (χ1v) is 6.47. The van der Waals surface area contributed by atoms with Gasteiger partial charge in [0.05, 0.1) is 6.10 Å². The molecule has 0 aliphatic rings. The largest absolute Gasteiger partial charge is 0.388 e. The number of aliphatic hydroxyl groups excluding tert-OH is 1. The third-order valence-electron chi connectivity index (χ3n) is 2.92. The number of hydrogen-bond acceptors (Lipinski definition) is 1. The first-order chi connectivity index (χ1) is 7.63. The van der Waals surface area contributed by atoms with Crippen LogP contribution in [0.5, 0.6) is 0 Å². The van der Waals surface area contributed by atoms with Crippen LogP contribution in [0.15, 0.2) is 18.5 Å². The number of aryl methyl sites for hydroxylation is 1. The third kappa shape index (κ3) is 4.40. The zero-order valence-electron chi connectivity index (χ0n) is 10.8. The molecule has 1 unspecified atom stereocenters. The van der Waals surface area contributed by atoms with Crippen molar-refractivity contribution in [3.8, 4) is 0 Å². The second-order valence-corrected chi connectivity index (χ2v) is 5.02. The molecule has 1 aromatic rings. The van der Waals surface area contributed by atoms with E-state index in [1.165, 1.54) is 12.8 Å². The zero-order chi connectivity index (χ0) is 12.0. The van der Waals surface area contributed by atoms with Gasteiger partial charge >= 0.3 is 0 Å². The van der Waals surface area contributed by atoms with Crippen LogP contribution in [-0.2, 0) is 6.54 Å². The van der Waals surface area contributed by atoms with E-state index in [1.54, 1.807) is 0 Å². The molecule has 0 aliphatic carbocycles. The number of rotatable bonds is 7. The van der Waals surface area contributed by atoms with Gasteiger partial charge in [-0.2, -0.15) is 0 Å². The molecule has 0 aliphatic heterocycles. The second-order valence-electron chi connectivity index (χ2n) is 5.02. The van der Waals surface area contributed by atoms with Crippen LogP contribution in [0.3, 0.4) is 0 Å². The Morgan fingerprint density at radius 1 is 1.31 bits per heavy atom. The molecule has 1 N–H and O–H groups in total. The molecule has 2 heteroatoms. The smallest absolute Gasteiger partial charge is 0.0804 e. The van der Waals surface area contributed by atoms with Crippen molar-refractivity contribution >= 4 is 0 Å². The highest BCUT2D eigenvalue weighted by molar-refractivity contribution is 5.13. The molecule has 2 nitrogen and oxygen atoms in total. The lowest BCUT2D eigenvalue weighted by Crippen LogP contribution is -1.98. The van der Waals surface area contributed by atoms with Gasteiger partial charge in [-0.25, -0.2) is 0 Å². The molecular weight excluding hydrogens is 198 g/mol. The summed E-state index contributed by atoms with van der Waals surface area (Å²) in [5.41, 5.74) is 1.06. The fraction of sp³-hybridized carbons (Fsp3) is 0.714. The van der Waals surface area contributed by atoms with Crippen molar-refractivity contribution in [3.63, 3.8) is 0 Å². The van der Waals surface area contributed by atoms with Crippen molar-refractivity contribution in [2.24, 2.45) is 5.92 Å². The fourth-order valence-electron chi connectivity index (χ4n) is 1.92. The van der Waals surface area contributed by atoms with Crippen molar-refractivity contribution in [1.82, 2.24) is 4.57 Å². The van der Waals surface area contributed by atoms with Gasteiger partial charge in [0.2, 0.25) is 0 Å². The summed E-state index contributed by atoms with van der Waals surface area (Å²) in [5, 5.41) is 9.83. The van der Waals surface area contributed by atoms with Crippen LogP contribution in [0, 0.1) is 5.92 Å². The zero-order valence-corrected chi connectivity index (χ0v) is 10.8. The van der Waals surface area contributed by atoms with E-state index in [1.807, 2.05) is 6.07 Å². The Kier molecular flexibility index (Phi) is 5.61. The van der Waals surface area contributed by atoms with Gasteiger partial charge in [-0.3, -0.25) is 0 Å². The summed E-state index contributed by atoms with van der Waals surface area (Å²) in [6, 6.07) is 2.04. The van der Waals surface area contributed by atoms with Gasteiger partial charge in [0.15, 0.2) is 0 Å². The van der Waals surface area contributed by atoms with Crippen molar-refractivity contribution < 1.29 is 5.11 Å². The molecule has 1 heterocycles. The van der Waals surface area contributed by atoms with Crippen LogP contribution in [-0.4, -0.2) is 9.67 Å². The molecule has 0 fully saturated rings. The third-order valence-corrected chi connectivity index (χ3v) is 2.92. The molecule has 1 rings (SSSR count). The Bertz CT molecular complexity index is 291. The van der Waals surface area contributed by atoms with Gasteiger partial charge in [-0.15, -0.1) is 0 Å². The Morgan fingerprint density at radius 2 is 2.06 bits per heavy atom. The molecule has 0 amide bonds. The van der Waals surface area contributed by atoms with E-state index in [0.29, 0.717) is 0 Å². The summed E-state index contributed by atoms with van der Waals surface area (Å²) < 4.78 is 2.19. The van der Waals surface area contributed by atoms with Crippen LogP contribution in [0.4, 0.5) is 0 Å². The molecule has 0 aromatic carbocycles. The summed E-state index contributed by atoms with van der Waals surface area (Å²) >= 11 is 0. The number of aliphatic hydroxyl groups is 1.